The van der Waals surface area contributed by atoms with Crippen LogP contribution in [0.5, 0.6) is 0 Å². The van der Waals surface area contributed by atoms with E-state index in [9.17, 15) is 9.59 Å². The molecular weight excluding hydrogens is 418 g/mol. The highest BCUT2D eigenvalue weighted by Crippen LogP contribution is 2.18. The minimum absolute atomic E-state index is 0.231. The van der Waals surface area contributed by atoms with E-state index in [4.69, 9.17) is 0 Å². The van der Waals surface area contributed by atoms with Crippen molar-refractivity contribution in [2.75, 3.05) is 6.54 Å². The van der Waals surface area contributed by atoms with Gasteiger partial charge in [0.1, 0.15) is 5.70 Å². The smallest absolute Gasteiger partial charge is 0.267 e. The zero-order chi connectivity index (χ0) is 22.5. The predicted octanol–water partition coefficient (Wildman–Crippen LogP) is 4.98. The molecular formula is C26H25N3O2S. The molecule has 4 rings (SSSR count). The zero-order valence-electron chi connectivity index (χ0n) is 18.1. The van der Waals surface area contributed by atoms with Crippen molar-refractivity contribution in [1.82, 2.24) is 15.6 Å². The number of aryl methyl sites for hydroxylation is 2. The van der Waals surface area contributed by atoms with E-state index < -0.39 is 0 Å². The van der Waals surface area contributed by atoms with Crippen LogP contribution in [0, 0.1) is 13.8 Å². The average molecular weight is 444 g/mol. The molecule has 4 aromatic rings. The molecule has 2 heterocycles. The molecule has 3 N–H and O–H groups in total. The molecule has 0 atom stereocenters. The molecule has 5 nitrogen and oxygen atoms in total. The zero-order valence-corrected chi connectivity index (χ0v) is 18.9. The van der Waals surface area contributed by atoms with Crippen molar-refractivity contribution in [2.24, 2.45) is 0 Å². The Morgan fingerprint density at radius 1 is 1.03 bits per heavy atom. The van der Waals surface area contributed by atoms with Crippen LogP contribution in [-0.4, -0.2) is 23.3 Å². The van der Waals surface area contributed by atoms with Crippen molar-refractivity contribution < 1.29 is 9.59 Å². The number of para-hydroxylation sites is 1. The molecule has 2 amide bonds. The molecule has 2 aromatic heterocycles. The number of thiophene rings is 1. The molecule has 0 fully saturated rings. The van der Waals surface area contributed by atoms with Gasteiger partial charge in [0.15, 0.2) is 0 Å². The first-order valence-electron chi connectivity index (χ1n) is 10.5. The van der Waals surface area contributed by atoms with E-state index in [1.54, 1.807) is 12.1 Å². The van der Waals surface area contributed by atoms with Gasteiger partial charge < -0.3 is 15.6 Å². The molecule has 0 aliphatic carbocycles. The Morgan fingerprint density at radius 2 is 1.88 bits per heavy atom. The largest absolute Gasteiger partial charge is 0.361 e. The number of carbonyl (C=O) groups is 2. The summed E-state index contributed by atoms with van der Waals surface area (Å²) in [6.07, 6.45) is 4.37. The second-order valence-corrected chi connectivity index (χ2v) is 8.67. The summed E-state index contributed by atoms with van der Waals surface area (Å²) in [5.74, 6) is -0.613. The number of hydrogen-bond donors (Lipinski definition) is 3. The molecule has 0 saturated heterocycles. The van der Waals surface area contributed by atoms with E-state index in [2.05, 4.69) is 21.7 Å². The first-order valence-corrected chi connectivity index (χ1v) is 11.4. The Labute approximate surface area is 191 Å². The van der Waals surface area contributed by atoms with Crippen LogP contribution < -0.4 is 10.6 Å². The molecule has 0 radical (unpaired) electrons. The van der Waals surface area contributed by atoms with E-state index in [1.807, 2.05) is 67.9 Å². The maximum atomic E-state index is 13.0. The molecule has 0 saturated carbocycles. The van der Waals surface area contributed by atoms with Gasteiger partial charge >= 0.3 is 0 Å². The Bertz CT molecular complexity index is 1290. The number of carbonyl (C=O) groups excluding carboxylic acids is 2. The topological polar surface area (TPSA) is 74.0 Å². The van der Waals surface area contributed by atoms with Crippen LogP contribution in [-0.2, 0) is 11.2 Å². The van der Waals surface area contributed by atoms with E-state index in [1.165, 1.54) is 11.3 Å². The number of amides is 2. The lowest BCUT2D eigenvalue weighted by Crippen LogP contribution is -2.35. The first kappa shape index (κ1) is 21.6. The van der Waals surface area contributed by atoms with E-state index >= 15 is 0 Å². The summed E-state index contributed by atoms with van der Waals surface area (Å²) in [6, 6.07) is 17.4. The van der Waals surface area contributed by atoms with Gasteiger partial charge in [-0.1, -0.05) is 30.3 Å². The summed E-state index contributed by atoms with van der Waals surface area (Å²) in [7, 11) is 0. The van der Waals surface area contributed by atoms with Gasteiger partial charge in [0.25, 0.3) is 11.8 Å². The van der Waals surface area contributed by atoms with Crippen molar-refractivity contribution >= 4 is 40.1 Å². The van der Waals surface area contributed by atoms with Crippen LogP contribution >= 0.6 is 11.3 Å². The fourth-order valence-corrected chi connectivity index (χ4v) is 4.15. The summed E-state index contributed by atoms with van der Waals surface area (Å²) >= 11 is 1.51. The van der Waals surface area contributed by atoms with Crippen LogP contribution in [0.4, 0.5) is 0 Å². The van der Waals surface area contributed by atoms with Crippen molar-refractivity contribution in [3.63, 3.8) is 0 Å². The lowest BCUT2D eigenvalue weighted by atomic mass is 10.1. The maximum Gasteiger partial charge on any atom is 0.267 e. The molecule has 0 unspecified atom stereocenters. The average Bonchev–Trinajstić information content (AvgIpc) is 3.45. The van der Waals surface area contributed by atoms with E-state index in [-0.39, 0.29) is 17.5 Å². The van der Waals surface area contributed by atoms with Crippen LogP contribution in [0.2, 0.25) is 0 Å². The standard InChI is InChI=1S/C26H25N3O2S/c1-17-9-10-19(14-18(17)2)25(30)29-24(15-21-6-5-13-32-21)26(31)27-12-11-20-16-28-23-8-4-3-7-22(20)23/h3-10,13-16,28H,11-12H2,1-2H3,(H,27,31)(H,29,30)/b24-15-. The summed E-state index contributed by atoms with van der Waals surface area (Å²) in [5, 5.41) is 8.83. The third-order valence-corrected chi connectivity index (χ3v) is 6.27. The Balaban J connectivity index is 1.46. The molecule has 0 aliphatic heterocycles. The quantitative estimate of drug-likeness (QED) is 0.353. The van der Waals surface area contributed by atoms with Gasteiger partial charge in [-0.25, -0.2) is 0 Å². The highest BCUT2D eigenvalue weighted by atomic mass is 32.1. The lowest BCUT2D eigenvalue weighted by Gasteiger charge is -2.12. The van der Waals surface area contributed by atoms with Crippen molar-refractivity contribution in [2.45, 2.75) is 20.3 Å². The number of aromatic amines is 1. The molecule has 0 aliphatic rings. The lowest BCUT2D eigenvalue weighted by molar-refractivity contribution is -0.117. The number of aromatic nitrogens is 1. The SMILES string of the molecule is Cc1ccc(C(=O)N/C(=C\c2cccs2)C(=O)NCCc2c[nH]c3ccccc23)cc1C. The van der Waals surface area contributed by atoms with Gasteiger partial charge in [-0.15, -0.1) is 11.3 Å². The maximum absolute atomic E-state index is 13.0. The van der Waals surface area contributed by atoms with E-state index in [0.717, 1.165) is 32.5 Å². The molecule has 6 heteroatoms. The van der Waals surface area contributed by atoms with Gasteiger partial charge in [-0.05, 0) is 72.7 Å². The van der Waals surface area contributed by atoms with Crippen LogP contribution in [0.1, 0.15) is 31.9 Å². The number of rotatable bonds is 7. The fraction of sp³-hybridized carbons (Fsp3) is 0.154. The number of fused-ring (bicyclic) bond motifs is 1. The predicted molar refractivity (Wildman–Crippen MR) is 131 cm³/mol. The van der Waals surface area contributed by atoms with Crippen LogP contribution in [0.25, 0.3) is 17.0 Å². The monoisotopic (exact) mass is 443 g/mol. The summed E-state index contributed by atoms with van der Waals surface area (Å²) in [5.41, 5.74) is 5.12. The van der Waals surface area contributed by atoms with Gasteiger partial charge in [0.05, 0.1) is 0 Å². The summed E-state index contributed by atoms with van der Waals surface area (Å²) < 4.78 is 0. The minimum Gasteiger partial charge on any atom is -0.361 e. The Kier molecular flexibility index (Phi) is 6.52. The summed E-state index contributed by atoms with van der Waals surface area (Å²) in [4.78, 5) is 29.9. The third-order valence-electron chi connectivity index (χ3n) is 5.45. The van der Waals surface area contributed by atoms with Gasteiger partial charge in [-0.2, -0.15) is 0 Å². The van der Waals surface area contributed by atoms with Crippen LogP contribution in [0.3, 0.4) is 0 Å². The second-order valence-electron chi connectivity index (χ2n) is 7.69. The van der Waals surface area contributed by atoms with Crippen LogP contribution in [0.15, 0.2) is 71.9 Å². The number of hydrogen-bond acceptors (Lipinski definition) is 3. The first-order chi connectivity index (χ1) is 15.5. The van der Waals surface area contributed by atoms with Crippen molar-refractivity contribution in [3.8, 4) is 0 Å². The third kappa shape index (κ3) is 4.98. The molecule has 0 spiro atoms. The number of H-pyrrole nitrogens is 1. The highest BCUT2D eigenvalue weighted by Gasteiger charge is 2.15. The Morgan fingerprint density at radius 3 is 2.66 bits per heavy atom. The molecule has 32 heavy (non-hydrogen) atoms. The minimum atomic E-state index is -0.310. The van der Waals surface area contributed by atoms with Gasteiger partial charge in [0.2, 0.25) is 0 Å². The molecule has 0 bridgehead atoms. The normalized spacial score (nSPS) is 11.5. The Hall–Kier alpha value is -3.64. The van der Waals surface area contributed by atoms with Crippen molar-refractivity contribution in [3.05, 3.63) is 99.0 Å². The second kappa shape index (κ2) is 9.66. The number of benzene rings is 2. The van der Waals surface area contributed by atoms with E-state index in [0.29, 0.717) is 18.5 Å². The van der Waals surface area contributed by atoms with Crippen molar-refractivity contribution in [1.29, 1.82) is 0 Å². The molecule has 162 valence electrons. The van der Waals surface area contributed by atoms with Gasteiger partial charge in [0, 0.05) is 34.1 Å². The summed E-state index contributed by atoms with van der Waals surface area (Å²) in [6.45, 7) is 4.42. The molecule has 2 aromatic carbocycles. The number of nitrogens with one attached hydrogen (secondary N) is 3. The highest BCUT2D eigenvalue weighted by molar-refractivity contribution is 7.10. The fourth-order valence-electron chi connectivity index (χ4n) is 3.50. The van der Waals surface area contributed by atoms with Gasteiger partial charge in [-0.3, -0.25) is 9.59 Å².